The largest absolute Gasteiger partial charge is 0.504 e. The van der Waals surface area contributed by atoms with Crippen LogP contribution >= 0.6 is 11.6 Å². The van der Waals surface area contributed by atoms with Crippen LogP contribution in [0, 0.1) is 0 Å². The van der Waals surface area contributed by atoms with Gasteiger partial charge in [0, 0.05) is 6.20 Å². The minimum Gasteiger partial charge on any atom is -0.504 e. The van der Waals surface area contributed by atoms with Gasteiger partial charge in [0.15, 0.2) is 17.3 Å². The van der Waals surface area contributed by atoms with Crippen LogP contribution in [0.4, 0.5) is 19.0 Å². The van der Waals surface area contributed by atoms with E-state index in [0.29, 0.717) is 11.8 Å². The molecule has 0 radical (unpaired) electrons. The molecule has 0 unspecified atom stereocenters. The zero-order valence-electron chi connectivity index (χ0n) is 11.7. The number of phenols is 1. The maximum Gasteiger partial charge on any atom is 0.417 e. The molecular weight excluding hydrogens is 335 g/mol. The van der Waals surface area contributed by atoms with E-state index < -0.39 is 11.7 Å². The van der Waals surface area contributed by atoms with Gasteiger partial charge in [-0.25, -0.2) is 4.98 Å². The fourth-order valence-electron chi connectivity index (χ4n) is 1.62. The average molecular weight is 346 g/mol. The highest BCUT2D eigenvalue weighted by molar-refractivity contribution is 6.32. The van der Waals surface area contributed by atoms with Gasteiger partial charge >= 0.3 is 6.18 Å². The molecule has 0 saturated heterocycles. The van der Waals surface area contributed by atoms with Crippen LogP contribution in [0.1, 0.15) is 11.1 Å². The zero-order chi connectivity index (χ0) is 17.0. The van der Waals surface area contributed by atoms with Gasteiger partial charge in [0.05, 0.1) is 23.9 Å². The smallest absolute Gasteiger partial charge is 0.417 e. The van der Waals surface area contributed by atoms with Gasteiger partial charge in [-0.05, 0) is 29.8 Å². The number of hydrazone groups is 1. The predicted molar refractivity (Wildman–Crippen MR) is 80.1 cm³/mol. The summed E-state index contributed by atoms with van der Waals surface area (Å²) < 4.78 is 42.4. The Morgan fingerprint density at radius 2 is 2.09 bits per heavy atom. The molecule has 0 bridgehead atoms. The number of methoxy groups -OCH3 is 1. The third kappa shape index (κ3) is 4.26. The standard InChI is InChI=1S/C14H11ClF3N3O2/c1-23-12-4-8(2-3-11(12)22)6-20-21-13-10(15)5-9(7-19-13)14(16,17)18/h2-7,22H,1H3,(H,19,21)/b20-6+. The third-order valence-corrected chi connectivity index (χ3v) is 3.04. The number of benzene rings is 1. The normalized spacial score (nSPS) is 11.7. The number of hydrogen-bond acceptors (Lipinski definition) is 5. The summed E-state index contributed by atoms with van der Waals surface area (Å²) in [7, 11) is 1.40. The Labute approximate surface area is 134 Å². The lowest BCUT2D eigenvalue weighted by atomic mass is 10.2. The first kappa shape index (κ1) is 16.9. The van der Waals surface area contributed by atoms with E-state index in [1.165, 1.54) is 25.5 Å². The van der Waals surface area contributed by atoms with Crippen molar-refractivity contribution in [2.24, 2.45) is 5.10 Å². The highest BCUT2D eigenvalue weighted by Crippen LogP contribution is 2.32. The van der Waals surface area contributed by atoms with E-state index in [1.54, 1.807) is 6.07 Å². The molecule has 1 aromatic heterocycles. The molecule has 0 atom stereocenters. The van der Waals surface area contributed by atoms with Crippen LogP contribution < -0.4 is 10.2 Å². The molecule has 0 fully saturated rings. The Bertz CT molecular complexity index is 736. The van der Waals surface area contributed by atoms with Gasteiger partial charge in [0.25, 0.3) is 0 Å². The van der Waals surface area contributed by atoms with Crippen molar-refractivity contribution in [3.8, 4) is 11.5 Å². The number of rotatable bonds is 4. The van der Waals surface area contributed by atoms with Crippen LogP contribution in [-0.4, -0.2) is 23.4 Å². The first-order valence-electron chi connectivity index (χ1n) is 6.20. The molecule has 122 valence electrons. The summed E-state index contributed by atoms with van der Waals surface area (Å²) in [6.07, 6.45) is -2.48. The number of hydrogen-bond donors (Lipinski definition) is 2. The second-order valence-corrected chi connectivity index (χ2v) is 4.76. The Hall–Kier alpha value is -2.48. The van der Waals surface area contributed by atoms with Crippen molar-refractivity contribution in [1.29, 1.82) is 0 Å². The van der Waals surface area contributed by atoms with E-state index >= 15 is 0 Å². The lowest BCUT2D eigenvalue weighted by molar-refractivity contribution is -0.137. The van der Waals surface area contributed by atoms with Gasteiger partial charge in [-0.2, -0.15) is 18.3 Å². The van der Waals surface area contributed by atoms with E-state index in [2.05, 4.69) is 15.5 Å². The van der Waals surface area contributed by atoms with E-state index in [9.17, 15) is 18.3 Å². The molecule has 0 spiro atoms. The van der Waals surface area contributed by atoms with E-state index in [4.69, 9.17) is 16.3 Å². The molecule has 0 amide bonds. The monoisotopic (exact) mass is 345 g/mol. The van der Waals surface area contributed by atoms with Crippen molar-refractivity contribution >= 4 is 23.6 Å². The second kappa shape index (κ2) is 6.74. The van der Waals surface area contributed by atoms with Gasteiger partial charge in [-0.15, -0.1) is 0 Å². The molecular formula is C14H11ClF3N3O2. The summed E-state index contributed by atoms with van der Waals surface area (Å²) in [6, 6.07) is 5.28. The van der Waals surface area contributed by atoms with E-state index in [-0.39, 0.29) is 22.3 Å². The van der Waals surface area contributed by atoms with Crippen LogP contribution in [0.2, 0.25) is 5.02 Å². The fourth-order valence-corrected chi connectivity index (χ4v) is 1.83. The molecule has 5 nitrogen and oxygen atoms in total. The highest BCUT2D eigenvalue weighted by Gasteiger charge is 2.31. The summed E-state index contributed by atoms with van der Waals surface area (Å²) in [4.78, 5) is 3.58. The summed E-state index contributed by atoms with van der Waals surface area (Å²) >= 11 is 5.73. The maximum absolute atomic E-state index is 12.5. The SMILES string of the molecule is COc1cc(/C=N/Nc2ncc(C(F)(F)F)cc2Cl)ccc1O. The number of nitrogens with one attached hydrogen (secondary N) is 1. The van der Waals surface area contributed by atoms with Crippen molar-refractivity contribution in [2.45, 2.75) is 6.18 Å². The Kier molecular flexibility index (Phi) is 4.95. The number of halogens is 4. The molecule has 1 heterocycles. The minimum atomic E-state index is -4.51. The van der Waals surface area contributed by atoms with Gasteiger partial charge in [0.2, 0.25) is 0 Å². The first-order valence-corrected chi connectivity index (χ1v) is 6.58. The quantitative estimate of drug-likeness (QED) is 0.651. The van der Waals surface area contributed by atoms with Crippen molar-refractivity contribution in [3.05, 3.63) is 46.6 Å². The lowest BCUT2D eigenvalue weighted by Gasteiger charge is -2.08. The van der Waals surface area contributed by atoms with Crippen LogP contribution in [-0.2, 0) is 6.18 Å². The van der Waals surface area contributed by atoms with Crippen molar-refractivity contribution in [1.82, 2.24) is 4.98 Å². The molecule has 0 aliphatic carbocycles. The minimum absolute atomic E-state index is 0.0124. The van der Waals surface area contributed by atoms with Crippen molar-refractivity contribution < 1.29 is 23.0 Å². The van der Waals surface area contributed by atoms with Crippen LogP contribution in [0.25, 0.3) is 0 Å². The fraction of sp³-hybridized carbons (Fsp3) is 0.143. The summed E-state index contributed by atoms with van der Waals surface area (Å²) in [5, 5.41) is 13.1. The van der Waals surface area contributed by atoms with Gasteiger partial charge in [0.1, 0.15) is 0 Å². The molecule has 1 aromatic carbocycles. The molecule has 0 aliphatic heterocycles. The Morgan fingerprint density at radius 3 is 2.70 bits per heavy atom. The number of ether oxygens (including phenoxy) is 1. The van der Waals surface area contributed by atoms with Gasteiger partial charge < -0.3 is 9.84 Å². The van der Waals surface area contributed by atoms with Crippen LogP contribution in [0.15, 0.2) is 35.6 Å². The number of anilines is 1. The molecule has 2 aromatic rings. The predicted octanol–water partition coefficient (Wildman–Crippen LogP) is 3.91. The number of aromatic hydroxyl groups is 1. The lowest BCUT2D eigenvalue weighted by Crippen LogP contribution is -2.06. The molecule has 2 rings (SSSR count). The average Bonchev–Trinajstić information content (AvgIpc) is 2.49. The second-order valence-electron chi connectivity index (χ2n) is 4.35. The Balaban J connectivity index is 2.11. The summed E-state index contributed by atoms with van der Waals surface area (Å²) in [5.41, 5.74) is 2.10. The number of pyridine rings is 1. The topological polar surface area (TPSA) is 66.7 Å². The third-order valence-electron chi connectivity index (χ3n) is 2.76. The molecule has 0 saturated carbocycles. The van der Waals surface area contributed by atoms with Crippen LogP contribution in [0.5, 0.6) is 11.5 Å². The van der Waals surface area contributed by atoms with Gasteiger partial charge in [-0.3, -0.25) is 5.43 Å². The molecule has 2 N–H and O–H groups in total. The summed E-state index contributed by atoms with van der Waals surface area (Å²) in [6.45, 7) is 0. The first-order chi connectivity index (χ1) is 10.8. The summed E-state index contributed by atoms with van der Waals surface area (Å²) in [5.74, 6) is 0.228. The number of alkyl halides is 3. The molecule has 0 aliphatic rings. The number of phenolic OH excluding ortho intramolecular Hbond substituents is 1. The van der Waals surface area contributed by atoms with Gasteiger partial charge in [-0.1, -0.05) is 11.6 Å². The maximum atomic E-state index is 12.5. The molecule has 23 heavy (non-hydrogen) atoms. The molecule has 9 heteroatoms. The Morgan fingerprint density at radius 1 is 1.35 bits per heavy atom. The van der Waals surface area contributed by atoms with Crippen molar-refractivity contribution in [2.75, 3.05) is 12.5 Å². The van der Waals surface area contributed by atoms with E-state index in [0.717, 1.165) is 6.07 Å². The highest BCUT2D eigenvalue weighted by atomic mass is 35.5. The zero-order valence-corrected chi connectivity index (χ0v) is 12.5. The number of nitrogens with zero attached hydrogens (tertiary/aromatic N) is 2. The van der Waals surface area contributed by atoms with Crippen molar-refractivity contribution in [3.63, 3.8) is 0 Å². The van der Waals surface area contributed by atoms with E-state index in [1.807, 2.05) is 0 Å². The van der Waals surface area contributed by atoms with Crippen LogP contribution in [0.3, 0.4) is 0 Å². The number of aromatic nitrogens is 1.